The second-order valence-corrected chi connectivity index (χ2v) is 4.77. The van der Waals surface area contributed by atoms with Crippen molar-refractivity contribution >= 4 is 28.6 Å². The molecule has 0 aliphatic carbocycles. The SMILES string of the molecule is C[C@@H]1COCCN1c1csc(Cl)c1. The number of thiophene rings is 1. The summed E-state index contributed by atoms with van der Waals surface area (Å²) >= 11 is 7.47. The third-order valence-electron chi connectivity index (χ3n) is 2.25. The maximum Gasteiger partial charge on any atom is 0.0949 e. The van der Waals surface area contributed by atoms with Crippen molar-refractivity contribution in [3.8, 4) is 0 Å². The second kappa shape index (κ2) is 3.86. The summed E-state index contributed by atoms with van der Waals surface area (Å²) in [5.41, 5.74) is 1.23. The Hall–Kier alpha value is -0.250. The van der Waals surface area contributed by atoms with Crippen molar-refractivity contribution in [2.45, 2.75) is 13.0 Å². The van der Waals surface area contributed by atoms with Crippen LogP contribution in [0, 0.1) is 0 Å². The number of hydrogen-bond donors (Lipinski definition) is 0. The first-order chi connectivity index (χ1) is 6.27. The Balaban J connectivity index is 2.14. The predicted octanol–water partition coefficient (Wildman–Crippen LogP) is 2.63. The monoisotopic (exact) mass is 217 g/mol. The average molecular weight is 218 g/mol. The van der Waals surface area contributed by atoms with E-state index in [9.17, 15) is 0 Å². The van der Waals surface area contributed by atoms with Crippen LogP contribution in [0.4, 0.5) is 5.69 Å². The van der Waals surface area contributed by atoms with Crippen molar-refractivity contribution in [3.63, 3.8) is 0 Å². The molecule has 1 aromatic rings. The van der Waals surface area contributed by atoms with Gasteiger partial charge in [-0.1, -0.05) is 11.6 Å². The fourth-order valence-electron chi connectivity index (χ4n) is 1.56. The van der Waals surface area contributed by atoms with Gasteiger partial charge in [0.05, 0.1) is 17.6 Å². The minimum Gasteiger partial charge on any atom is -0.377 e. The maximum atomic E-state index is 5.89. The number of halogens is 1. The molecule has 1 aliphatic heterocycles. The standard InChI is InChI=1S/C9H12ClNOS/c1-7-5-12-3-2-11(7)8-4-9(10)13-6-8/h4,6-7H,2-3,5H2,1H3/t7-/m1/s1. The van der Waals surface area contributed by atoms with Gasteiger partial charge in [-0.25, -0.2) is 0 Å². The Morgan fingerprint density at radius 2 is 2.54 bits per heavy atom. The zero-order valence-electron chi connectivity index (χ0n) is 7.50. The highest BCUT2D eigenvalue weighted by molar-refractivity contribution is 7.14. The molecule has 1 aliphatic rings. The zero-order chi connectivity index (χ0) is 9.26. The van der Waals surface area contributed by atoms with E-state index in [-0.39, 0.29) is 0 Å². The van der Waals surface area contributed by atoms with E-state index in [1.807, 2.05) is 6.07 Å². The number of morpholine rings is 1. The van der Waals surface area contributed by atoms with Crippen LogP contribution >= 0.6 is 22.9 Å². The highest BCUT2D eigenvalue weighted by atomic mass is 35.5. The largest absolute Gasteiger partial charge is 0.377 e. The van der Waals surface area contributed by atoms with Crippen LogP contribution in [0.25, 0.3) is 0 Å². The number of ether oxygens (including phenoxy) is 1. The molecule has 0 amide bonds. The Bertz CT molecular complexity index is 289. The molecule has 1 aromatic heterocycles. The summed E-state index contributed by atoms with van der Waals surface area (Å²) in [5, 5.41) is 2.10. The van der Waals surface area contributed by atoms with Crippen molar-refractivity contribution < 1.29 is 4.74 Å². The van der Waals surface area contributed by atoms with Gasteiger partial charge in [-0.15, -0.1) is 11.3 Å². The molecule has 0 N–H and O–H groups in total. The predicted molar refractivity (Wildman–Crippen MR) is 57.0 cm³/mol. The zero-order valence-corrected chi connectivity index (χ0v) is 9.07. The third kappa shape index (κ3) is 1.98. The lowest BCUT2D eigenvalue weighted by molar-refractivity contribution is 0.0990. The van der Waals surface area contributed by atoms with E-state index in [4.69, 9.17) is 16.3 Å². The van der Waals surface area contributed by atoms with Gasteiger partial charge in [0.1, 0.15) is 0 Å². The van der Waals surface area contributed by atoms with Crippen LogP contribution in [0.5, 0.6) is 0 Å². The molecule has 0 saturated carbocycles. The lowest BCUT2D eigenvalue weighted by Gasteiger charge is -2.34. The number of nitrogens with zero attached hydrogens (tertiary/aromatic N) is 1. The van der Waals surface area contributed by atoms with Gasteiger partial charge in [-0.2, -0.15) is 0 Å². The van der Waals surface area contributed by atoms with Gasteiger partial charge in [0.25, 0.3) is 0 Å². The fraction of sp³-hybridized carbons (Fsp3) is 0.556. The second-order valence-electron chi connectivity index (χ2n) is 3.23. The van der Waals surface area contributed by atoms with E-state index in [1.165, 1.54) is 5.69 Å². The topological polar surface area (TPSA) is 12.5 Å². The van der Waals surface area contributed by atoms with E-state index in [0.717, 1.165) is 24.1 Å². The van der Waals surface area contributed by atoms with E-state index in [1.54, 1.807) is 11.3 Å². The normalized spacial score (nSPS) is 23.5. The first-order valence-corrected chi connectivity index (χ1v) is 5.61. The summed E-state index contributed by atoms with van der Waals surface area (Å²) in [4.78, 5) is 2.34. The van der Waals surface area contributed by atoms with Crippen molar-refractivity contribution in [1.82, 2.24) is 0 Å². The molecule has 0 bridgehead atoms. The molecule has 0 spiro atoms. The van der Waals surface area contributed by atoms with Gasteiger partial charge < -0.3 is 9.64 Å². The number of hydrogen-bond acceptors (Lipinski definition) is 3. The molecule has 0 radical (unpaired) electrons. The lowest BCUT2D eigenvalue weighted by atomic mass is 10.2. The average Bonchev–Trinajstić information content (AvgIpc) is 2.53. The van der Waals surface area contributed by atoms with Crippen LogP contribution < -0.4 is 4.90 Å². The molecular weight excluding hydrogens is 206 g/mol. The van der Waals surface area contributed by atoms with Gasteiger partial charge in [0, 0.05) is 23.7 Å². The summed E-state index contributed by atoms with van der Waals surface area (Å²) < 4.78 is 6.22. The number of anilines is 1. The van der Waals surface area contributed by atoms with Gasteiger partial charge in [-0.05, 0) is 13.0 Å². The first-order valence-electron chi connectivity index (χ1n) is 4.36. The van der Waals surface area contributed by atoms with Gasteiger partial charge in [-0.3, -0.25) is 0 Å². The van der Waals surface area contributed by atoms with E-state index >= 15 is 0 Å². The molecule has 1 saturated heterocycles. The summed E-state index contributed by atoms with van der Waals surface area (Å²) in [6, 6.07) is 2.48. The Morgan fingerprint density at radius 3 is 3.15 bits per heavy atom. The quantitative estimate of drug-likeness (QED) is 0.717. The third-order valence-corrected chi connectivity index (χ3v) is 3.33. The van der Waals surface area contributed by atoms with Crippen LogP contribution in [0.3, 0.4) is 0 Å². The fourth-order valence-corrected chi connectivity index (χ4v) is 2.43. The molecule has 2 nitrogen and oxygen atoms in total. The van der Waals surface area contributed by atoms with Crippen LogP contribution in [0.1, 0.15) is 6.92 Å². The van der Waals surface area contributed by atoms with E-state index in [2.05, 4.69) is 17.2 Å². The van der Waals surface area contributed by atoms with Gasteiger partial charge in [0.15, 0.2) is 0 Å². The molecule has 72 valence electrons. The molecule has 1 atom stereocenters. The minimum absolute atomic E-state index is 0.458. The minimum atomic E-state index is 0.458. The van der Waals surface area contributed by atoms with Gasteiger partial charge in [0.2, 0.25) is 0 Å². The highest BCUT2D eigenvalue weighted by Gasteiger charge is 2.19. The van der Waals surface area contributed by atoms with Crippen molar-refractivity contribution in [2.75, 3.05) is 24.7 Å². The van der Waals surface area contributed by atoms with E-state index in [0.29, 0.717) is 6.04 Å². The van der Waals surface area contributed by atoms with Crippen LogP contribution in [-0.4, -0.2) is 25.8 Å². The highest BCUT2D eigenvalue weighted by Crippen LogP contribution is 2.28. The number of rotatable bonds is 1. The lowest BCUT2D eigenvalue weighted by Crippen LogP contribution is -2.43. The summed E-state index contributed by atoms with van der Waals surface area (Å²) in [5.74, 6) is 0. The molecule has 0 unspecified atom stereocenters. The molecule has 0 aromatic carbocycles. The van der Waals surface area contributed by atoms with Crippen LogP contribution in [-0.2, 0) is 4.74 Å². The van der Waals surface area contributed by atoms with E-state index < -0.39 is 0 Å². The summed E-state index contributed by atoms with van der Waals surface area (Å²) in [6.45, 7) is 4.77. The molecular formula is C9H12ClNOS. The smallest absolute Gasteiger partial charge is 0.0949 e. The van der Waals surface area contributed by atoms with Crippen LogP contribution in [0.15, 0.2) is 11.4 Å². The molecule has 4 heteroatoms. The summed E-state index contributed by atoms with van der Waals surface area (Å²) in [7, 11) is 0. The van der Waals surface area contributed by atoms with Crippen molar-refractivity contribution in [2.24, 2.45) is 0 Å². The van der Waals surface area contributed by atoms with Crippen molar-refractivity contribution in [3.05, 3.63) is 15.8 Å². The molecule has 2 rings (SSSR count). The molecule has 1 fully saturated rings. The Morgan fingerprint density at radius 1 is 1.69 bits per heavy atom. The Labute approximate surface area is 87.1 Å². The molecule has 13 heavy (non-hydrogen) atoms. The first kappa shape index (κ1) is 9.31. The van der Waals surface area contributed by atoms with Crippen molar-refractivity contribution in [1.29, 1.82) is 0 Å². The molecule has 2 heterocycles. The van der Waals surface area contributed by atoms with Gasteiger partial charge >= 0.3 is 0 Å². The van der Waals surface area contributed by atoms with Crippen LogP contribution in [0.2, 0.25) is 4.34 Å². The summed E-state index contributed by atoms with van der Waals surface area (Å²) in [6.07, 6.45) is 0. The maximum absolute atomic E-state index is 5.89. The Kier molecular flexibility index (Phi) is 2.77.